The highest BCUT2D eigenvalue weighted by Crippen LogP contribution is 2.33. The highest BCUT2D eigenvalue weighted by Gasteiger charge is 2.32. The van der Waals surface area contributed by atoms with Crippen LogP contribution in [0.25, 0.3) is 10.8 Å². The molecule has 0 atom stereocenters. The van der Waals surface area contributed by atoms with Crippen LogP contribution >= 0.6 is 0 Å². The third-order valence-electron chi connectivity index (χ3n) is 4.16. The zero-order valence-corrected chi connectivity index (χ0v) is 12.2. The lowest BCUT2D eigenvalue weighted by Crippen LogP contribution is -2.41. The number of anilines is 1. The minimum absolute atomic E-state index is 0.135. The molecule has 5 heteroatoms. The largest absolute Gasteiger partial charge is 0.398 e. The topological polar surface area (TPSA) is 63.4 Å². The molecule has 2 aromatic rings. The molecule has 1 saturated carbocycles. The molecule has 1 fully saturated rings. The number of benzene rings is 2. The van der Waals surface area contributed by atoms with Gasteiger partial charge in [-0.25, -0.2) is 8.42 Å². The second-order valence-electron chi connectivity index (χ2n) is 5.30. The molecule has 106 valence electrons. The minimum atomic E-state index is -3.46. The summed E-state index contributed by atoms with van der Waals surface area (Å²) >= 11 is 0. The van der Waals surface area contributed by atoms with Crippen LogP contribution in [0.4, 0.5) is 5.69 Å². The smallest absolute Gasteiger partial charge is 0.243 e. The first kappa shape index (κ1) is 13.4. The van der Waals surface area contributed by atoms with Crippen molar-refractivity contribution in [2.45, 2.75) is 30.2 Å². The van der Waals surface area contributed by atoms with E-state index in [4.69, 9.17) is 5.73 Å². The Morgan fingerprint density at radius 1 is 1.10 bits per heavy atom. The molecule has 20 heavy (non-hydrogen) atoms. The Balaban J connectivity index is 2.16. The predicted molar refractivity (Wildman–Crippen MR) is 80.9 cm³/mol. The summed E-state index contributed by atoms with van der Waals surface area (Å²) in [5.74, 6) is 0. The van der Waals surface area contributed by atoms with Crippen molar-refractivity contribution in [1.29, 1.82) is 0 Å². The van der Waals surface area contributed by atoms with Crippen molar-refractivity contribution in [2.24, 2.45) is 0 Å². The molecule has 0 spiro atoms. The van der Waals surface area contributed by atoms with Crippen molar-refractivity contribution >= 4 is 26.5 Å². The molecular weight excluding hydrogens is 272 g/mol. The van der Waals surface area contributed by atoms with Gasteiger partial charge in [0, 0.05) is 29.5 Å². The molecular formula is C15H18N2O2S. The van der Waals surface area contributed by atoms with Crippen LogP contribution in [0, 0.1) is 0 Å². The van der Waals surface area contributed by atoms with E-state index in [-0.39, 0.29) is 6.04 Å². The lowest BCUT2D eigenvalue weighted by Gasteiger charge is -2.34. The zero-order chi connectivity index (χ0) is 14.3. The third kappa shape index (κ3) is 1.98. The van der Waals surface area contributed by atoms with E-state index in [0.717, 1.165) is 24.6 Å². The molecule has 0 unspecified atom stereocenters. The number of nitrogens with two attached hydrogens (primary N) is 1. The van der Waals surface area contributed by atoms with Crippen LogP contribution in [0.1, 0.15) is 19.3 Å². The summed E-state index contributed by atoms with van der Waals surface area (Å²) in [6.45, 7) is 0. The van der Waals surface area contributed by atoms with E-state index in [1.807, 2.05) is 24.3 Å². The van der Waals surface area contributed by atoms with Gasteiger partial charge in [0.2, 0.25) is 10.0 Å². The van der Waals surface area contributed by atoms with Crippen molar-refractivity contribution in [1.82, 2.24) is 4.31 Å². The van der Waals surface area contributed by atoms with Crippen LogP contribution < -0.4 is 5.73 Å². The van der Waals surface area contributed by atoms with Crippen molar-refractivity contribution in [3.05, 3.63) is 36.4 Å². The first-order valence-electron chi connectivity index (χ1n) is 6.77. The Labute approximate surface area is 119 Å². The van der Waals surface area contributed by atoms with Gasteiger partial charge >= 0.3 is 0 Å². The SMILES string of the molecule is CN(C1CCC1)S(=O)(=O)c1ccc(N)c2ccccc12. The van der Waals surface area contributed by atoms with Crippen molar-refractivity contribution in [2.75, 3.05) is 12.8 Å². The fourth-order valence-electron chi connectivity index (χ4n) is 2.62. The Kier molecular flexibility index (Phi) is 3.18. The summed E-state index contributed by atoms with van der Waals surface area (Å²) in [6.07, 6.45) is 3.00. The number of fused-ring (bicyclic) bond motifs is 1. The van der Waals surface area contributed by atoms with Gasteiger partial charge in [-0.05, 0) is 25.0 Å². The highest BCUT2D eigenvalue weighted by molar-refractivity contribution is 7.89. The van der Waals surface area contributed by atoms with Crippen LogP contribution in [-0.2, 0) is 10.0 Å². The molecule has 0 saturated heterocycles. The van der Waals surface area contributed by atoms with Crippen LogP contribution in [-0.4, -0.2) is 25.8 Å². The van der Waals surface area contributed by atoms with Gasteiger partial charge in [-0.3, -0.25) is 0 Å². The Morgan fingerprint density at radius 3 is 2.35 bits per heavy atom. The maximum absolute atomic E-state index is 12.8. The number of rotatable bonds is 3. The normalized spacial score (nSPS) is 16.5. The lowest BCUT2D eigenvalue weighted by molar-refractivity contribution is 0.250. The minimum Gasteiger partial charge on any atom is -0.398 e. The van der Waals surface area contributed by atoms with Crippen molar-refractivity contribution < 1.29 is 8.42 Å². The molecule has 2 aromatic carbocycles. The monoisotopic (exact) mass is 290 g/mol. The summed E-state index contributed by atoms with van der Waals surface area (Å²) < 4.78 is 27.1. The molecule has 4 nitrogen and oxygen atoms in total. The van der Waals surface area contributed by atoms with E-state index >= 15 is 0 Å². The average Bonchev–Trinajstić information content (AvgIpc) is 2.37. The van der Waals surface area contributed by atoms with E-state index in [9.17, 15) is 8.42 Å². The maximum atomic E-state index is 12.8. The quantitative estimate of drug-likeness (QED) is 0.884. The molecule has 3 rings (SSSR count). The number of nitrogens with zero attached hydrogens (tertiary/aromatic N) is 1. The van der Waals surface area contributed by atoms with Gasteiger partial charge in [-0.15, -0.1) is 0 Å². The summed E-state index contributed by atoms with van der Waals surface area (Å²) in [5, 5.41) is 1.48. The van der Waals surface area contributed by atoms with Gasteiger partial charge in [0.1, 0.15) is 0 Å². The summed E-state index contributed by atoms with van der Waals surface area (Å²) in [4.78, 5) is 0.344. The van der Waals surface area contributed by atoms with Gasteiger partial charge in [0.05, 0.1) is 4.90 Å². The standard InChI is InChI=1S/C15H18N2O2S/c1-17(11-5-4-6-11)20(18,19)15-10-9-14(16)12-7-2-3-8-13(12)15/h2-3,7-11H,4-6,16H2,1H3. The zero-order valence-electron chi connectivity index (χ0n) is 11.4. The predicted octanol–water partition coefficient (Wildman–Crippen LogP) is 2.60. The average molecular weight is 290 g/mol. The number of sulfonamides is 1. The van der Waals surface area contributed by atoms with Gasteiger partial charge in [0.25, 0.3) is 0 Å². The van der Waals surface area contributed by atoms with Crippen LogP contribution in [0.2, 0.25) is 0 Å². The summed E-state index contributed by atoms with van der Waals surface area (Å²) in [7, 11) is -1.79. The van der Waals surface area contributed by atoms with E-state index in [2.05, 4.69) is 0 Å². The molecule has 1 aliphatic carbocycles. The van der Waals surface area contributed by atoms with Crippen molar-refractivity contribution in [3.8, 4) is 0 Å². The fraction of sp³-hybridized carbons (Fsp3) is 0.333. The first-order chi connectivity index (χ1) is 9.51. The molecule has 0 radical (unpaired) electrons. The molecule has 0 heterocycles. The van der Waals surface area contributed by atoms with E-state index in [1.165, 1.54) is 4.31 Å². The summed E-state index contributed by atoms with van der Waals surface area (Å²) in [5.41, 5.74) is 6.54. The molecule has 0 amide bonds. The third-order valence-corrected chi connectivity index (χ3v) is 6.13. The molecule has 0 aromatic heterocycles. The Hall–Kier alpha value is -1.59. The number of nitrogen functional groups attached to an aromatic ring is 1. The van der Waals surface area contributed by atoms with Crippen LogP contribution in [0.3, 0.4) is 0 Å². The van der Waals surface area contributed by atoms with Crippen LogP contribution in [0.5, 0.6) is 0 Å². The molecule has 0 aliphatic heterocycles. The number of hydrogen-bond acceptors (Lipinski definition) is 3. The van der Waals surface area contributed by atoms with E-state index in [0.29, 0.717) is 16.0 Å². The second kappa shape index (κ2) is 4.75. The summed E-state index contributed by atoms with van der Waals surface area (Å²) in [6, 6.07) is 10.8. The van der Waals surface area contributed by atoms with E-state index in [1.54, 1.807) is 19.2 Å². The van der Waals surface area contributed by atoms with Gasteiger partial charge in [-0.1, -0.05) is 30.7 Å². The number of hydrogen-bond donors (Lipinski definition) is 1. The molecule has 0 bridgehead atoms. The van der Waals surface area contributed by atoms with Gasteiger partial charge in [-0.2, -0.15) is 4.31 Å². The second-order valence-corrected chi connectivity index (χ2v) is 7.27. The Bertz CT molecular complexity index is 752. The van der Waals surface area contributed by atoms with E-state index < -0.39 is 10.0 Å². The van der Waals surface area contributed by atoms with Crippen LogP contribution in [0.15, 0.2) is 41.3 Å². The lowest BCUT2D eigenvalue weighted by atomic mass is 9.94. The molecule has 2 N–H and O–H groups in total. The first-order valence-corrected chi connectivity index (χ1v) is 8.21. The highest BCUT2D eigenvalue weighted by atomic mass is 32.2. The maximum Gasteiger partial charge on any atom is 0.243 e. The fourth-order valence-corrected chi connectivity index (χ4v) is 4.23. The Morgan fingerprint density at radius 2 is 1.75 bits per heavy atom. The molecule has 1 aliphatic rings. The van der Waals surface area contributed by atoms with Gasteiger partial charge in [0.15, 0.2) is 0 Å². The van der Waals surface area contributed by atoms with Gasteiger partial charge < -0.3 is 5.73 Å². The van der Waals surface area contributed by atoms with Crippen molar-refractivity contribution in [3.63, 3.8) is 0 Å².